The molecule has 0 bridgehead atoms. The van der Waals surface area contributed by atoms with Gasteiger partial charge in [0.2, 0.25) is 5.78 Å². The Hall–Kier alpha value is -1.71. The van der Waals surface area contributed by atoms with Crippen molar-refractivity contribution in [3.8, 4) is 11.8 Å². The number of esters is 1. The van der Waals surface area contributed by atoms with E-state index in [0.717, 1.165) is 25.7 Å². The number of hydrogen-bond acceptors (Lipinski definition) is 5. The number of aliphatic hydroxyl groups is 1. The van der Waals surface area contributed by atoms with Crippen LogP contribution in [0, 0.1) is 11.8 Å². The molecule has 0 spiro atoms. The molecule has 0 aliphatic heterocycles. The van der Waals surface area contributed by atoms with E-state index in [0.29, 0.717) is 25.7 Å². The van der Waals surface area contributed by atoms with Gasteiger partial charge in [0.1, 0.15) is 0 Å². The van der Waals surface area contributed by atoms with Crippen molar-refractivity contribution in [2.75, 3.05) is 13.4 Å². The smallest absolute Gasteiger partial charge is 0.305 e. The predicted octanol–water partition coefficient (Wildman–Crippen LogP) is 2.81. The molecule has 0 fully saturated rings. The molecule has 2 unspecified atom stereocenters. The first-order chi connectivity index (χ1) is 12.4. The Morgan fingerprint density at radius 3 is 2.69 bits per heavy atom. The van der Waals surface area contributed by atoms with E-state index in [1.165, 1.54) is 19.4 Å². The van der Waals surface area contributed by atoms with Gasteiger partial charge in [-0.3, -0.25) is 13.8 Å². The summed E-state index contributed by atoms with van der Waals surface area (Å²) < 4.78 is 16.4. The summed E-state index contributed by atoms with van der Waals surface area (Å²) in [6.45, 7) is 2.05. The van der Waals surface area contributed by atoms with Gasteiger partial charge in [-0.25, -0.2) is 0 Å². The zero-order chi connectivity index (χ0) is 19.6. The maximum atomic E-state index is 12.5. The third-order valence-corrected chi connectivity index (χ3v) is 5.05. The van der Waals surface area contributed by atoms with Crippen LogP contribution in [0.5, 0.6) is 0 Å². The Morgan fingerprint density at radius 2 is 2.08 bits per heavy atom. The minimum atomic E-state index is -1.65. The number of ether oxygens (including phenoxy) is 1. The predicted molar refractivity (Wildman–Crippen MR) is 103 cm³/mol. The molecule has 1 aliphatic rings. The van der Waals surface area contributed by atoms with E-state index in [4.69, 9.17) is 0 Å². The Bertz CT molecular complexity index is 665. The van der Waals surface area contributed by atoms with E-state index < -0.39 is 22.2 Å². The SMILES string of the molecule is CCCCC#CC1(O)C=C(S(C)=O)C(=O)/C1=C\CCCCCC(=O)OC. The molecule has 0 saturated heterocycles. The fraction of sp³-hybridized carbons (Fsp3) is 0.600. The quantitative estimate of drug-likeness (QED) is 0.288. The number of hydrogen-bond donors (Lipinski definition) is 1. The minimum Gasteiger partial charge on any atom is -0.469 e. The van der Waals surface area contributed by atoms with Crippen LogP contribution >= 0.6 is 0 Å². The van der Waals surface area contributed by atoms with Crippen LogP contribution in [0.1, 0.15) is 58.3 Å². The lowest BCUT2D eigenvalue weighted by Crippen LogP contribution is -2.26. The highest BCUT2D eigenvalue weighted by atomic mass is 32.2. The summed E-state index contributed by atoms with van der Waals surface area (Å²) in [6, 6.07) is 0. The van der Waals surface area contributed by atoms with Crippen molar-refractivity contribution in [3.63, 3.8) is 0 Å². The molecular weight excluding hydrogens is 352 g/mol. The number of rotatable bonds is 9. The zero-order valence-corrected chi connectivity index (χ0v) is 16.6. The van der Waals surface area contributed by atoms with Gasteiger partial charge in [-0.1, -0.05) is 37.7 Å². The first kappa shape index (κ1) is 22.3. The van der Waals surface area contributed by atoms with Crippen molar-refractivity contribution in [2.45, 2.75) is 63.9 Å². The van der Waals surface area contributed by atoms with Gasteiger partial charge in [0.05, 0.1) is 22.8 Å². The third kappa shape index (κ3) is 6.54. The maximum Gasteiger partial charge on any atom is 0.305 e. The normalized spacial score (nSPS) is 21.9. The molecule has 0 aromatic carbocycles. The second kappa shape index (κ2) is 11.1. The van der Waals surface area contributed by atoms with Crippen LogP contribution in [0.4, 0.5) is 0 Å². The van der Waals surface area contributed by atoms with Crippen molar-refractivity contribution in [3.05, 3.63) is 22.6 Å². The number of Topliss-reactive ketones (excluding diaryl/α,β-unsaturated/α-hetero) is 1. The van der Waals surface area contributed by atoms with Crippen LogP contribution in [0.15, 0.2) is 22.6 Å². The van der Waals surface area contributed by atoms with Crippen molar-refractivity contribution in [2.24, 2.45) is 0 Å². The van der Waals surface area contributed by atoms with Gasteiger partial charge in [0.15, 0.2) is 5.60 Å². The highest BCUT2D eigenvalue weighted by Gasteiger charge is 2.41. The molecule has 1 N–H and O–H groups in total. The number of allylic oxidation sites excluding steroid dienone is 2. The molecule has 0 heterocycles. The highest BCUT2D eigenvalue weighted by Crippen LogP contribution is 2.32. The summed E-state index contributed by atoms with van der Waals surface area (Å²) >= 11 is 0. The fourth-order valence-electron chi connectivity index (χ4n) is 2.61. The number of carbonyl (C=O) groups is 2. The van der Waals surface area contributed by atoms with Gasteiger partial charge < -0.3 is 9.84 Å². The topological polar surface area (TPSA) is 80.7 Å². The number of unbranched alkanes of at least 4 members (excludes halogenated alkanes) is 5. The first-order valence-electron chi connectivity index (χ1n) is 8.96. The number of carbonyl (C=O) groups excluding carboxylic acids is 2. The number of methoxy groups -OCH3 is 1. The second-order valence-corrected chi connectivity index (χ2v) is 7.60. The molecule has 0 saturated carbocycles. The van der Waals surface area contributed by atoms with Crippen LogP contribution in [0.3, 0.4) is 0 Å². The van der Waals surface area contributed by atoms with E-state index in [-0.39, 0.29) is 16.4 Å². The van der Waals surface area contributed by atoms with Crippen molar-refractivity contribution >= 4 is 22.6 Å². The second-order valence-electron chi connectivity index (χ2n) is 6.26. The summed E-state index contributed by atoms with van der Waals surface area (Å²) in [4.78, 5) is 23.7. The third-order valence-electron chi connectivity index (χ3n) is 4.12. The molecule has 2 atom stereocenters. The fourth-order valence-corrected chi connectivity index (χ4v) is 3.31. The first-order valence-corrected chi connectivity index (χ1v) is 10.5. The molecule has 1 aliphatic carbocycles. The van der Waals surface area contributed by atoms with E-state index in [1.54, 1.807) is 6.08 Å². The lowest BCUT2D eigenvalue weighted by Gasteiger charge is -2.15. The van der Waals surface area contributed by atoms with Crippen LogP contribution in [0.25, 0.3) is 0 Å². The minimum absolute atomic E-state index is 0.106. The molecule has 144 valence electrons. The summed E-state index contributed by atoms with van der Waals surface area (Å²) in [5, 5.41) is 10.8. The standard InChI is InChI=1S/C20H28O5S/c1-4-5-6-11-14-20(23)15-17(26(3)24)19(22)16(20)12-9-7-8-10-13-18(21)25-2/h12,15,23H,4-10,13H2,1-3H3/b16-12+. The van der Waals surface area contributed by atoms with Crippen LogP contribution in [-0.2, 0) is 25.1 Å². The molecule has 6 heteroatoms. The molecule has 0 aromatic heterocycles. The highest BCUT2D eigenvalue weighted by molar-refractivity contribution is 7.89. The van der Waals surface area contributed by atoms with Gasteiger partial charge in [-0.2, -0.15) is 0 Å². The van der Waals surface area contributed by atoms with Gasteiger partial charge in [0.25, 0.3) is 0 Å². The Balaban J connectivity index is 2.77. The lowest BCUT2D eigenvalue weighted by atomic mass is 9.95. The number of ketones is 1. The Morgan fingerprint density at radius 1 is 1.35 bits per heavy atom. The van der Waals surface area contributed by atoms with Crippen LogP contribution < -0.4 is 0 Å². The summed E-state index contributed by atoms with van der Waals surface area (Å²) in [5.74, 6) is 5.07. The molecule has 1 rings (SSSR count). The van der Waals surface area contributed by atoms with E-state index in [1.807, 2.05) is 0 Å². The zero-order valence-electron chi connectivity index (χ0n) is 15.8. The molecular formula is C20H28O5S. The molecule has 0 radical (unpaired) electrons. The summed E-state index contributed by atoms with van der Waals surface area (Å²) in [5.41, 5.74) is -1.46. The maximum absolute atomic E-state index is 12.5. The van der Waals surface area contributed by atoms with Gasteiger partial charge >= 0.3 is 5.97 Å². The summed E-state index contributed by atoms with van der Waals surface area (Å²) in [6.07, 6.45) is 10.3. The Labute approximate surface area is 158 Å². The van der Waals surface area contributed by atoms with Crippen molar-refractivity contribution < 1.29 is 23.6 Å². The molecule has 0 aromatic rings. The van der Waals surface area contributed by atoms with Crippen molar-refractivity contribution in [1.29, 1.82) is 0 Å². The Kier molecular flexibility index (Phi) is 9.53. The average Bonchev–Trinajstić information content (AvgIpc) is 2.86. The van der Waals surface area contributed by atoms with Crippen LogP contribution in [-0.4, -0.2) is 40.0 Å². The molecule has 5 nitrogen and oxygen atoms in total. The van der Waals surface area contributed by atoms with E-state index in [2.05, 4.69) is 23.5 Å². The molecule has 26 heavy (non-hydrogen) atoms. The largest absolute Gasteiger partial charge is 0.469 e. The van der Waals surface area contributed by atoms with Gasteiger partial charge in [0, 0.05) is 24.7 Å². The monoisotopic (exact) mass is 380 g/mol. The van der Waals surface area contributed by atoms with E-state index in [9.17, 15) is 18.9 Å². The average molecular weight is 381 g/mol. The van der Waals surface area contributed by atoms with Gasteiger partial charge in [-0.05, 0) is 31.8 Å². The van der Waals surface area contributed by atoms with Crippen LogP contribution in [0.2, 0.25) is 0 Å². The summed E-state index contributed by atoms with van der Waals surface area (Å²) in [7, 11) is -0.108. The van der Waals surface area contributed by atoms with Gasteiger partial charge in [-0.15, -0.1) is 0 Å². The molecule has 0 amide bonds. The van der Waals surface area contributed by atoms with Crippen molar-refractivity contribution in [1.82, 2.24) is 0 Å². The lowest BCUT2D eigenvalue weighted by molar-refractivity contribution is -0.140. The van der Waals surface area contributed by atoms with E-state index >= 15 is 0 Å².